The van der Waals surface area contributed by atoms with Crippen LogP contribution in [0.1, 0.15) is 105 Å². The maximum atomic E-state index is 11.4. The summed E-state index contributed by atoms with van der Waals surface area (Å²) in [6.07, 6.45) is 17.0. The molecule has 36 heavy (non-hydrogen) atoms. The van der Waals surface area contributed by atoms with Gasteiger partial charge in [0.25, 0.3) is 0 Å². The van der Waals surface area contributed by atoms with Gasteiger partial charge in [0.05, 0.1) is 26.2 Å². The minimum Gasteiger partial charge on any atom is -0.421 e. The smallest absolute Gasteiger partial charge is 0.421 e. The molecule has 6 nitrogen and oxygen atoms in total. The van der Waals surface area contributed by atoms with Crippen LogP contribution in [-0.2, 0) is 20.0 Å². The van der Waals surface area contributed by atoms with Crippen LogP contribution in [0, 0.1) is 0 Å². The van der Waals surface area contributed by atoms with Crippen molar-refractivity contribution >= 4 is 20.0 Å². The van der Waals surface area contributed by atoms with Crippen LogP contribution >= 0.6 is 0 Å². The van der Waals surface area contributed by atoms with Crippen LogP contribution in [0.4, 0.5) is 26.3 Å². The second-order valence-corrected chi connectivity index (χ2v) is 12.4. The van der Waals surface area contributed by atoms with E-state index in [9.17, 15) is 43.2 Å². The van der Waals surface area contributed by atoms with E-state index < -0.39 is 31.1 Å². The molecule has 0 rings (SSSR count). The average Bonchev–Trinajstić information content (AvgIpc) is 2.75. The molecule has 0 radical (unpaired) electrons. The molecule has 0 aromatic rings. The summed E-state index contributed by atoms with van der Waals surface area (Å²) >= 11 is 0. The number of hydrogen-bond donors (Lipinski definition) is 0. The lowest BCUT2D eigenvalue weighted by atomic mass is 10.1. The first-order valence-corrected chi connectivity index (χ1v) is 15.5. The van der Waals surface area contributed by atoms with E-state index in [1.807, 2.05) is 0 Å². The highest BCUT2D eigenvalue weighted by Crippen LogP contribution is 2.36. The number of alkyl halides is 6. The molecule has 0 saturated carbocycles. The lowest BCUT2D eigenvalue weighted by Crippen LogP contribution is -2.50. The van der Waals surface area contributed by atoms with Crippen LogP contribution < -0.4 is 0 Å². The third-order valence-corrected chi connectivity index (χ3v) is 8.47. The van der Waals surface area contributed by atoms with Gasteiger partial charge in [-0.3, -0.25) is 0 Å². The SMILES string of the molecule is CCCCCCCC[N+](CCCC)(CCCC)CCCC.O=S(=O)([N-]S(=O)(=O)C(F)(F)F)C(F)(F)F. The van der Waals surface area contributed by atoms with Crippen LogP contribution in [0.2, 0.25) is 0 Å². The van der Waals surface area contributed by atoms with Crippen molar-refractivity contribution < 1.29 is 47.7 Å². The Hall–Kier alpha value is -0.600. The molecular weight excluding hydrogens is 534 g/mol. The summed E-state index contributed by atoms with van der Waals surface area (Å²) in [7, 11) is -13.4. The summed E-state index contributed by atoms with van der Waals surface area (Å²) in [5, 5.41) is 0. The molecule has 0 bridgehead atoms. The highest BCUT2D eigenvalue weighted by atomic mass is 32.3. The number of nitrogens with zero attached hydrogens (tertiary/aromatic N) is 2. The second kappa shape index (κ2) is 17.8. The van der Waals surface area contributed by atoms with Gasteiger partial charge in [-0.1, -0.05) is 72.6 Å². The largest absolute Gasteiger partial charge is 0.480 e. The zero-order chi connectivity index (χ0) is 28.5. The van der Waals surface area contributed by atoms with Gasteiger partial charge < -0.3 is 8.61 Å². The van der Waals surface area contributed by atoms with E-state index in [0.717, 1.165) is 4.13 Å². The Morgan fingerprint density at radius 3 is 1.08 bits per heavy atom. The Balaban J connectivity index is 0. The van der Waals surface area contributed by atoms with Gasteiger partial charge in [-0.25, -0.2) is 16.8 Å². The number of rotatable bonds is 18. The van der Waals surface area contributed by atoms with Crippen molar-refractivity contribution in [3.8, 4) is 0 Å². The molecule has 0 aromatic carbocycles. The molecule has 0 amide bonds. The standard InChI is InChI=1S/C20H44N.C2F6NO4S2/c1-5-9-13-14-15-16-20-21(17-10-6-2,18-11-7-3)19-12-8-4;3-1(4,5)14(10,11)9-15(12,13)2(6,7)8/h5-20H2,1-4H3;/q+1;-1. The van der Waals surface area contributed by atoms with E-state index in [0.29, 0.717) is 0 Å². The normalized spacial score (nSPS) is 13.4. The van der Waals surface area contributed by atoms with Gasteiger partial charge >= 0.3 is 11.0 Å². The van der Waals surface area contributed by atoms with Crippen molar-refractivity contribution in [2.45, 2.75) is 116 Å². The third-order valence-electron chi connectivity index (χ3n) is 5.73. The number of sulfonamides is 2. The van der Waals surface area contributed by atoms with E-state index >= 15 is 0 Å². The molecule has 0 spiro atoms. The Bertz CT molecular complexity index is 707. The molecule has 0 aliphatic heterocycles. The Kier molecular flexibility index (Phi) is 18.6. The molecule has 0 atom stereocenters. The first kappa shape index (κ1) is 37.6. The fraction of sp³-hybridized carbons (Fsp3) is 1.00. The first-order chi connectivity index (χ1) is 16.4. The predicted octanol–water partition coefficient (Wildman–Crippen LogP) is 7.62. The van der Waals surface area contributed by atoms with E-state index in [4.69, 9.17) is 0 Å². The molecule has 14 heteroatoms. The van der Waals surface area contributed by atoms with Gasteiger partial charge in [-0.05, 0) is 32.1 Å². The number of hydrogen-bond acceptors (Lipinski definition) is 4. The minimum atomic E-state index is -6.72. The third kappa shape index (κ3) is 15.6. The molecule has 220 valence electrons. The minimum absolute atomic E-state index is 0.778. The van der Waals surface area contributed by atoms with Gasteiger partial charge in [0.1, 0.15) is 0 Å². The van der Waals surface area contributed by atoms with E-state index in [-0.39, 0.29) is 0 Å². The molecule has 0 aliphatic rings. The summed E-state index contributed by atoms with van der Waals surface area (Å²) in [6, 6.07) is 0. The maximum Gasteiger partial charge on any atom is 0.480 e. The van der Waals surface area contributed by atoms with E-state index in [1.165, 1.54) is 108 Å². The van der Waals surface area contributed by atoms with Crippen molar-refractivity contribution in [3.63, 3.8) is 0 Å². The lowest BCUT2D eigenvalue weighted by Gasteiger charge is -2.39. The molecule has 0 saturated heterocycles. The van der Waals surface area contributed by atoms with Crippen LogP contribution in [0.5, 0.6) is 0 Å². The Morgan fingerprint density at radius 1 is 0.500 bits per heavy atom. The molecule has 0 fully saturated rings. The van der Waals surface area contributed by atoms with Crippen molar-refractivity contribution in [2.24, 2.45) is 0 Å². The van der Waals surface area contributed by atoms with E-state index in [1.54, 1.807) is 0 Å². The van der Waals surface area contributed by atoms with Gasteiger partial charge in [0, 0.05) is 0 Å². The zero-order valence-electron chi connectivity index (χ0n) is 21.9. The summed E-state index contributed by atoms with van der Waals surface area (Å²) in [5.41, 5.74) is -12.4. The van der Waals surface area contributed by atoms with Crippen molar-refractivity contribution in [3.05, 3.63) is 4.13 Å². The van der Waals surface area contributed by atoms with Crippen LogP contribution in [0.3, 0.4) is 0 Å². The maximum absolute atomic E-state index is 11.4. The summed E-state index contributed by atoms with van der Waals surface area (Å²) < 4.78 is 111. The summed E-state index contributed by atoms with van der Waals surface area (Å²) in [6.45, 7) is 15.1. The monoisotopic (exact) mass is 578 g/mol. The molecule has 0 N–H and O–H groups in total. The fourth-order valence-electron chi connectivity index (χ4n) is 3.59. The van der Waals surface area contributed by atoms with Crippen molar-refractivity contribution in [2.75, 3.05) is 26.2 Å². The molecule has 0 aliphatic carbocycles. The van der Waals surface area contributed by atoms with Crippen LogP contribution in [0.25, 0.3) is 4.13 Å². The van der Waals surface area contributed by atoms with E-state index in [2.05, 4.69) is 27.7 Å². The molecular formula is C22H44F6N2O4S2. The molecule has 0 aromatic heterocycles. The van der Waals surface area contributed by atoms with Crippen LogP contribution in [0.15, 0.2) is 0 Å². The van der Waals surface area contributed by atoms with Gasteiger partial charge in [-0.15, -0.1) is 0 Å². The summed E-state index contributed by atoms with van der Waals surface area (Å²) in [5.74, 6) is 0. The second-order valence-electron chi connectivity index (χ2n) is 8.98. The van der Waals surface area contributed by atoms with Gasteiger partial charge in [0.15, 0.2) is 20.0 Å². The van der Waals surface area contributed by atoms with Gasteiger partial charge in [0.2, 0.25) is 0 Å². The van der Waals surface area contributed by atoms with Crippen LogP contribution in [-0.4, -0.2) is 58.5 Å². The van der Waals surface area contributed by atoms with Crippen molar-refractivity contribution in [1.82, 2.24) is 0 Å². The number of unbranched alkanes of at least 4 members (excludes halogenated alkanes) is 8. The number of quaternary nitrogens is 1. The Labute approximate surface area is 213 Å². The van der Waals surface area contributed by atoms with Gasteiger partial charge in [-0.2, -0.15) is 26.3 Å². The quantitative estimate of drug-likeness (QED) is 0.0952. The average molecular weight is 579 g/mol. The zero-order valence-corrected chi connectivity index (χ0v) is 23.6. The molecule has 0 heterocycles. The number of halogens is 6. The highest BCUT2D eigenvalue weighted by Gasteiger charge is 2.46. The first-order valence-electron chi connectivity index (χ1n) is 12.7. The topological polar surface area (TPSA) is 82.4 Å². The highest BCUT2D eigenvalue weighted by molar-refractivity contribution is 8.13. The fourth-order valence-corrected chi connectivity index (χ4v) is 5.30. The predicted molar refractivity (Wildman–Crippen MR) is 131 cm³/mol. The molecule has 0 unspecified atom stereocenters. The summed E-state index contributed by atoms with van der Waals surface area (Å²) in [4.78, 5) is 0. The van der Waals surface area contributed by atoms with Crippen molar-refractivity contribution in [1.29, 1.82) is 0 Å². The Morgan fingerprint density at radius 2 is 0.778 bits per heavy atom. The lowest BCUT2D eigenvalue weighted by molar-refractivity contribution is -0.929.